The van der Waals surface area contributed by atoms with E-state index in [1.54, 1.807) is 6.92 Å². The number of anilines is 1. The SMILES string of the molecule is CCOc1cc(NCC(F)(F)CN)ccc1[N+](=O)[O-]. The average molecular weight is 275 g/mol. The van der Waals surface area contributed by atoms with Crippen LogP contribution >= 0.6 is 0 Å². The van der Waals surface area contributed by atoms with Crippen LogP contribution in [0.4, 0.5) is 20.2 Å². The maximum absolute atomic E-state index is 13.0. The van der Waals surface area contributed by atoms with Gasteiger partial charge in [0.15, 0.2) is 5.75 Å². The normalized spacial score (nSPS) is 11.2. The third-order valence-electron chi connectivity index (χ3n) is 2.31. The first-order valence-electron chi connectivity index (χ1n) is 5.62. The van der Waals surface area contributed by atoms with Gasteiger partial charge in [0.2, 0.25) is 0 Å². The monoisotopic (exact) mass is 275 g/mol. The fraction of sp³-hybridized carbons (Fsp3) is 0.455. The Hall–Kier alpha value is -1.96. The van der Waals surface area contributed by atoms with Gasteiger partial charge in [0.1, 0.15) is 0 Å². The van der Waals surface area contributed by atoms with Crippen molar-refractivity contribution in [1.29, 1.82) is 0 Å². The molecule has 0 bridgehead atoms. The molecular formula is C11H15F2N3O3. The summed E-state index contributed by atoms with van der Waals surface area (Å²) in [6.07, 6.45) is 0. The number of nitro groups is 1. The molecule has 0 aliphatic heterocycles. The van der Waals surface area contributed by atoms with Crippen LogP contribution in [-0.2, 0) is 0 Å². The minimum Gasteiger partial charge on any atom is -0.487 e. The minimum absolute atomic E-state index is 0.0357. The molecule has 0 saturated heterocycles. The van der Waals surface area contributed by atoms with E-state index in [1.165, 1.54) is 18.2 Å². The van der Waals surface area contributed by atoms with E-state index >= 15 is 0 Å². The first-order chi connectivity index (χ1) is 8.89. The van der Waals surface area contributed by atoms with E-state index in [0.717, 1.165) is 0 Å². The Morgan fingerprint density at radius 1 is 1.53 bits per heavy atom. The van der Waals surface area contributed by atoms with Gasteiger partial charge in [-0.05, 0) is 13.0 Å². The van der Waals surface area contributed by atoms with Crippen LogP contribution in [0.1, 0.15) is 6.92 Å². The molecular weight excluding hydrogens is 260 g/mol. The van der Waals surface area contributed by atoms with Crippen molar-refractivity contribution in [1.82, 2.24) is 0 Å². The summed E-state index contributed by atoms with van der Waals surface area (Å²) in [5, 5.41) is 13.2. The lowest BCUT2D eigenvalue weighted by Gasteiger charge is -2.16. The van der Waals surface area contributed by atoms with E-state index in [-0.39, 0.29) is 18.0 Å². The summed E-state index contributed by atoms with van der Waals surface area (Å²) in [5.41, 5.74) is 5.01. The van der Waals surface area contributed by atoms with Crippen LogP contribution in [0, 0.1) is 10.1 Å². The van der Waals surface area contributed by atoms with Crippen molar-refractivity contribution in [2.45, 2.75) is 12.8 Å². The summed E-state index contributed by atoms with van der Waals surface area (Å²) in [5.74, 6) is -3.00. The second-order valence-electron chi connectivity index (χ2n) is 3.79. The molecule has 1 aromatic rings. The zero-order valence-corrected chi connectivity index (χ0v) is 10.4. The molecule has 106 valence electrons. The van der Waals surface area contributed by atoms with Gasteiger partial charge >= 0.3 is 5.69 Å². The molecule has 0 aliphatic rings. The Morgan fingerprint density at radius 3 is 2.74 bits per heavy atom. The Balaban J connectivity index is 2.86. The van der Waals surface area contributed by atoms with Gasteiger partial charge in [-0.1, -0.05) is 0 Å². The van der Waals surface area contributed by atoms with Crippen LogP contribution in [0.15, 0.2) is 18.2 Å². The molecule has 1 aromatic carbocycles. The highest BCUT2D eigenvalue weighted by molar-refractivity contribution is 5.58. The highest BCUT2D eigenvalue weighted by Gasteiger charge is 2.26. The average Bonchev–Trinajstić information content (AvgIpc) is 2.37. The second kappa shape index (κ2) is 6.28. The molecule has 19 heavy (non-hydrogen) atoms. The summed E-state index contributed by atoms with van der Waals surface area (Å²) in [6, 6.07) is 3.86. The topological polar surface area (TPSA) is 90.4 Å². The molecule has 0 radical (unpaired) electrons. The standard InChI is InChI=1S/C11H15F2N3O3/c1-2-19-10-5-8(3-4-9(10)16(17)18)15-7-11(12,13)6-14/h3-5,15H,2,6-7,14H2,1H3. The Bertz CT molecular complexity index is 455. The number of hydrogen-bond donors (Lipinski definition) is 2. The van der Waals surface area contributed by atoms with E-state index in [1.807, 2.05) is 0 Å². The summed E-state index contributed by atoms with van der Waals surface area (Å²) in [4.78, 5) is 10.1. The molecule has 0 heterocycles. The highest BCUT2D eigenvalue weighted by atomic mass is 19.3. The lowest BCUT2D eigenvalue weighted by molar-refractivity contribution is -0.385. The van der Waals surface area contributed by atoms with Gasteiger partial charge in [-0.2, -0.15) is 0 Å². The van der Waals surface area contributed by atoms with Gasteiger partial charge in [-0.25, -0.2) is 8.78 Å². The summed E-state index contributed by atoms with van der Waals surface area (Å²) >= 11 is 0. The van der Waals surface area contributed by atoms with E-state index < -0.39 is 23.9 Å². The first-order valence-corrected chi connectivity index (χ1v) is 5.62. The first kappa shape index (κ1) is 15.1. The van der Waals surface area contributed by atoms with Crippen LogP contribution in [-0.4, -0.2) is 30.5 Å². The van der Waals surface area contributed by atoms with Gasteiger partial charge in [0.25, 0.3) is 5.92 Å². The zero-order valence-electron chi connectivity index (χ0n) is 10.4. The maximum atomic E-state index is 13.0. The van der Waals surface area contributed by atoms with Gasteiger partial charge in [-0.15, -0.1) is 0 Å². The molecule has 3 N–H and O–H groups in total. The molecule has 0 spiro atoms. The molecule has 6 nitrogen and oxygen atoms in total. The third kappa shape index (κ3) is 4.32. The fourth-order valence-electron chi connectivity index (χ4n) is 1.35. The number of nitro benzene ring substituents is 1. The van der Waals surface area contributed by atoms with Gasteiger partial charge in [0, 0.05) is 17.8 Å². The van der Waals surface area contributed by atoms with E-state index in [9.17, 15) is 18.9 Å². The van der Waals surface area contributed by atoms with Gasteiger partial charge < -0.3 is 15.8 Å². The Labute approximate surface area is 108 Å². The van der Waals surface area contributed by atoms with Gasteiger partial charge in [-0.3, -0.25) is 10.1 Å². The molecule has 0 atom stereocenters. The Morgan fingerprint density at radius 2 is 2.21 bits per heavy atom. The van der Waals surface area contributed by atoms with Crippen LogP contribution in [0.3, 0.4) is 0 Å². The lowest BCUT2D eigenvalue weighted by atomic mass is 10.2. The molecule has 8 heteroatoms. The highest BCUT2D eigenvalue weighted by Crippen LogP contribution is 2.30. The molecule has 0 aromatic heterocycles. The molecule has 1 rings (SSSR count). The zero-order chi connectivity index (χ0) is 14.5. The van der Waals surface area contributed by atoms with Crippen molar-refractivity contribution < 1.29 is 18.4 Å². The summed E-state index contributed by atoms with van der Waals surface area (Å²) in [6.45, 7) is 0.494. The van der Waals surface area contributed by atoms with Crippen molar-refractivity contribution in [3.8, 4) is 5.75 Å². The number of nitrogens with zero attached hydrogens (tertiary/aromatic N) is 1. The third-order valence-corrected chi connectivity index (χ3v) is 2.31. The summed E-state index contributed by atoms with van der Waals surface area (Å²) < 4.78 is 31.0. The van der Waals surface area contributed by atoms with Gasteiger partial charge in [0.05, 0.1) is 24.6 Å². The Kier molecular flexibility index (Phi) is 4.99. The quantitative estimate of drug-likeness (QED) is 0.586. The van der Waals surface area contributed by atoms with Crippen LogP contribution in [0.25, 0.3) is 0 Å². The largest absolute Gasteiger partial charge is 0.487 e. The molecule has 0 aliphatic carbocycles. The number of nitrogens with two attached hydrogens (primary N) is 1. The summed E-state index contributed by atoms with van der Waals surface area (Å²) in [7, 11) is 0. The molecule has 0 fully saturated rings. The smallest absolute Gasteiger partial charge is 0.311 e. The van der Waals surface area contributed by atoms with Crippen molar-refractivity contribution in [3.05, 3.63) is 28.3 Å². The fourth-order valence-corrected chi connectivity index (χ4v) is 1.35. The van der Waals surface area contributed by atoms with Crippen molar-refractivity contribution >= 4 is 11.4 Å². The van der Waals surface area contributed by atoms with Crippen LogP contribution in [0.5, 0.6) is 5.75 Å². The molecule has 0 saturated carbocycles. The predicted molar refractivity (Wildman–Crippen MR) is 66.8 cm³/mol. The molecule has 0 unspecified atom stereocenters. The number of alkyl halides is 2. The lowest BCUT2D eigenvalue weighted by Crippen LogP contribution is -2.35. The predicted octanol–water partition coefficient (Wildman–Crippen LogP) is 2.00. The van der Waals surface area contributed by atoms with E-state index in [4.69, 9.17) is 10.5 Å². The van der Waals surface area contributed by atoms with Crippen molar-refractivity contribution in [3.63, 3.8) is 0 Å². The number of rotatable bonds is 7. The van der Waals surface area contributed by atoms with Crippen molar-refractivity contribution in [2.24, 2.45) is 5.73 Å². The second-order valence-corrected chi connectivity index (χ2v) is 3.79. The number of ether oxygens (including phenoxy) is 1. The van der Waals surface area contributed by atoms with Crippen LogP contribution < -0.4 is 15.8 Å². The van der Waals surface area contributed by atoms with Crippen LogP contribution in [0.2, 0.25) is 0 Å². The van der Waals surface area contributed by atoms with Crippen molar-refractivity contribution in [2.75, 3.05) is 25.0 Å². The van der Waals surface area contributed by atoms with E-state index in [0.29, 0.717) is 5.69 Å². The maximum Gasteiger partial charge on any atom is 0.311 e. The number of halogens is 2. The van der Waals surface area contributed by atoms with E-state index in [2.05, 4.69) is 5.32 Å². The number of hydrogen-bond acceptors (Lipinski definition) is 5. The minimum atomic E-state index is -3.03. The number of nitrogens with one attached hydrogen (secondary N) is 1. The molecule has 0 amide bonds. The number of benzene rings is 1.